The first-order valence-corrected chi connectivity index (χ1v) is 9.54. The molecule has 0 bridgehead atoms. The van der Waals surface area contributed by atoms with E-state index in [0.717, 1.165) is 37.6 Å². The summed E-state index contributed by atoms with van der Waals surface area (Å²) in [6.07, 6.45) is 0.869. The fourth-order valence-corrected chi connectivity index (χ4v) is 3.49. The molecule has 5 heteroatoms. The third-order valence-electron chi connectivity index (χ3n) is 4.83. The SMILES string of the molecule is Cc1ccc(Cl)cc1N1CCN(CC(=O)NCCc2ccccc2)CC1. The quantitative estimate of drug-likeness (QED) is 0.847. The van der Waals surface area contributed by atoms with E-state index in [1.165, 1.54) is 16.8 Å². The number of carbonyl (C=O) groups is 1. The van der Waals surface area contributed by atoms with Crippen LogP contribution < -0.4 is 10.2 Å². The van der Waals surface area contributed by atoms with Gasteiger partial charge in [0.15, 0.2) is 0 Å². The lowest BCUT2D eigenvalue weighted by molar-refractivity contribution is -0.122. The highest BCUT2D eigenvalue weighted by Gasteiger charge is 2.20. The van der Waals surface area contributed by atoms with E-state index in [1.807, 2.05) is 30.3 Å². The van der Waals surface area contributed by atoms with E-state index in [2.05, 4.69) is 40.2 Å². The van der Waals surface area contributed by atoms with Gasteiger partial charge in [0.25, 0.3) is 0 Å². The molecule has 4 nitrogen and oxygen atoms in total. The zero-order chi connectivity index (χ0) is 18.4. The smallest absolute Gasteiger partial charge is 0.234 e. The Hall–Kier alpha value is -2.04. The standard InChI is InChI=1S/C21H26ClN3O/c1-17-7-8-19(22)15-20(17)25-13-11-24(12-14-25)16-21(26)23-10-9-18-5-3-2-4-6-18/h2-8,15H,9-14,16H2,1H3,(H,23,26). The van der Waals surface area contributed by atoms with Crippen LogP contribution in [-0.2, 0) is 11.2 Å². The lowest BCUT2D eigenvalue weighted by Gasteiger charge is -2.36. The Bertz CT molecular complexity index is 727. The van der Waals surface area contributed by atoms with Gasteiger partial charge in [0.2, 0.25) is 5.91 Å². The van der Waals surface area contributed by atoms with Crippen molar-refractivity contribution in [1.82, 2.24) is 10.2 Å². The molecule has 26 heavy (non-hydrogen) atoms. The van der Waals surface area contributed by atoms with Crippen LogP contribution in [0.15, 0.2) is 48.5 Å². The normalized spacial score (nSPS) is 15.1. The van der Waals surface area contributed by atoms with Crippen LogP contribution in [-0.4, -0.2) is 50.1 Å². The molecular weight excluding hydrogens is 346 g/mol. The third-order valence-corrected chi connectivity index (χ3v) is 5.07. The molecule has 138 valence electrons. The van der Waals surface area contributed by atoms with Gasteiger partial charge < -0.3 is 10.2 Å². The van der Waals surface area contributed by atoms with Crippen molar-refractivity contribution < 1.29 is 4.79 Å². The minimum atomic E-state index is 0.105. The minimum Gasteiger partial charge on any atom is -0.369 e. The number of rotatable bonds is 6. The number of benzene rings is 2. The molecular formula is C21H26ClN3O. The molecule has 0 aromatic heterocycles. The highest BCUT2D eigenvalue weighted by molar-refractivity contribution is 6.30. The Labute approximate surface area is 160 Å². The van der Waals surface area contributed by atoms with Crippen molar-refractivity contribution in [3.63, 3.8) is 0 Å². The van der Waals surface area contributed by atoms with Crippen LogP contribution in [0.4, 0.5) is 5.69 Å². The second-order valence-corrected chi connectivity index (χ2v) is 7.22. The highest BCUT2D eigenvalue weighted by atomic mass is 35.5. The van der Waals surface area contributed by atoms with Crippen molar-refractivity contribution >= 4 is 23.2 Å². The summed E-state index contributed by atoms with van der Waals surface area (Å²) in [5.74, 6) is 0.105. The predicted molar refractivity (Wildman–Crippen MR) is 108 cm³/mol. The van der Waals surface area contributed by atoms with Crippen LogP contribution in [0.5, 0.6) is 0 Å². The van der Waals surface area contributed by atoms with Crippen molar-refractivity contribution in [1.29, 1.82) is 0 Å². The van der Waals surface area contributed by atoms with Gasteiger partial charge in [-0.15, -0.1) is 0 Å². The molecule has 0 unspecified atom stereocenters. The summed E-state index contributed by atoms with van der Waals surface area (Å²) in [5.41, 5.74) is 3.68. The summed E-state index contributed by atoms with van der Waals surface area (Å²) in [6, 6.07) is 16.2. The molecule has 0 atom stereocenters. The maximum absolute atomic E-state index is 12.2. The van der Waals surface area contributed by atoms with Gasteiger partial charge in [0.1, 0.15) is 0 Å². The first-order chi connectivity index (χ1) is 12.6. The molecule has 1 aliphatic rings. The van der Waals surface area contributed by atoms with E-state index < -0.39 is 0 Å². The van der Waals surface area contributed by atoms with E-state index in [-0.39, 0.29) is 5.91 Å². The van der Waals surface area contributed by atoms with E-state index in [1.54, 1.807) is 0 Å². The van der Waals surface area contributed by atoms with Gasteiger partial charge in [0, 0.05) is 43.4 Å². The molecule has 2 aromatic carbocycles. The number of piperazine rings is 1. The first-order valence-electron chi connectivity index (χ1n) is 9.16. The van der Waals surface area contributed by atoms with Crippen LogP contribution in [0.25, 0.3) is 0 Å². The average molecular weight is 372 g/mol. The van der Waals surface area contributed by atoms with Crippen molar-refractivity contribution in [2.24, 2.45) is 0 Å². The molecule has 1 saturated heterocycles. The van der Waals surface area contributed by atoms with Gasteiger partial charge >= 0.3 is 0 Å². The number of hydrogen-bond acceptors (Lipinski definition) is 3. The summed E-state index contributed by atoms with van der Waals surface area (Å²) in [4.78, 5) is 16.7. The molecule has 1 fully saturated rings. The van der Waals surface area contributed by atoms with Crippen molar-refractivity contribution in [3.05, 3.63) is 64.7 Å². The van der Waals surface area contributed by atoms with Crippen molar-refractivity contribution in [2.75, 3.05) is 44.2 Å². The average Bonchev–Trinajstić information content (AvgIpc) is 2.65. The van der Waals surface area contributed by atoms with Gasteiger partial charge in [-0.05, 0) is 36.6 Å². The fourth-order valence-electron chi connectivity index (χ4n) is 3.32. The molecule has 2 aromatic rings. The summed E-state index contributed by atoms with van der Waals surface area (Å²) in [7, 11) is 0. The Morgan fingerprint density at radius 3 is 2.54 bits per heavy atom. The second kappa shape index (κ2) is 9.06. The molecule has 1 heterocycles. The Kier molecular flexibility index (Phi) is 6.53. The Morgan fingerprint density at radius 2 is 1.81 bits per heavy atom. The first kappa shape index (κ1) is 18.7. The summed E-state index contributed by atoms with van der Waals surface area (Å²) < 4.78 is 0. The lowest BCUT2D eigenvalue weighted by atomic mass is 10.1. The number of hydrogen-bond donors (Lipinski definition) is 1. The van der Waals surface area contributed by atoms with Gasteiger partial charge in [-0.3, -0.25) is 9.69 Å². The van der Waals surface area contributed by atoms with E-state index >= 15 is 0 Å². The lowest BCUT2D eigenvalue weighted by Crippen LogP contribution is -2.49. The van der Waals surface area contributed by atoms with Gasteiger partial charge in [-0.2, -0.15) is 0 Å². The molecule has 1 N–H and O–H groups in total. The zero-order valence-electron chi connectivity index (χ0n) is 15.2. The third kappa shape index (κ3) is 5.23. The Morgan fingerprint density at radius 1 is 1.08 bits per heavy atom. The molecule has 0 spiro atoms. The number of nitrogens with one attached hydrogen (secondary N) is 1. The Balaban J connectivity index is 1.41. The fraction of sp³-hybridized carbons (Fsp3) is 0.381. The van der Waals surface area contributed by atoms with E-state index in [9.17, 15) is 4.79 Å². The predicted octanol–water partition coefficient (Wildman–Crippen LogP) is 3.13. The summed E-state index contributed by atoms with van der Waals surface area (Å²) in [6.45, 7) is 6.87. The summed E-state index contributed by atoms with van der Waals surface area (Å²) in [5, 5.41) is 3.80. The zero-order valence-corrected chi connectivity index (χ0v) is 16.0. The van der Waals surface area contributed by atoms with Gasteiger partial charge in [-0.1, -0.05) is 48.0 Å². The number of amides is 1. The van der Waals surface area contributed by atoms with Gasteiger partial charge in [0.05, 0.1) is 6.54 Å². The van der Waals surface area contributed by atoms with Crippen molar-refractivity contribution in [3.8, 4) is 0 Å². The molecule has 0 saturated carbocycles. The van der Waals surface area contributed by atoms with Gasteiger partial charge in [-0.25, -0.2) is 0 Å². The maximum Gasteiger partial charge on any atom is 0.234 e. The number of halogens is 1. The second-order valence-electron chi connectivity index (χ2n) is 6.78. The van der Waals surface area contributed by atoms with Crippen LogP contribution in [0.3, 0.4) is 0 Å². The molecule has 0 aliphatic carbocycles. The number of aryl methyl sites for hydroxylation is 1. The minimum absolute atomic E-state index is 0.105. The van der Waals surface area contributed by atoms with E-state index in [0.29, 0.717) is 13.1 Å². The topological polar surface area (TPSA) is 35.6 Å². The molecule has 0 radical (unpaired) electrons. The van der Waals surface area contributed by atoms with Crippen LogP contribution in [0.1, 0.15) is 11.1 Å². The largest absolute Gasteiger partial charge is 0.369 e. The highest BCUT2D eigenvalue weighted by Crippen LogP contribution is 2.25. The van der Waals surface area contributed by atoms with Crippen LogP contribution in [0.2, 0.25) is 5.02 Å². The van der Waals surface area contributed by atoms with E-state index in [4.69, 9.17) is 11.6 Å². The summed E-state index contributed by atoms with van der Waals surface area (Å²) >= 11 is 6.14. The number of carbonyl (C=O) groups excluding carboxylic acids is 1. The van der Waals surface area contributed by atoms with Crippen LogP contribution in [0, 0.1) is 6.92 Å². The number of anilines is 1. The molecule has 1 aliphatic heterocycles. The molecule has 3 rings (SSSR count). The van der Waals surface area contributed by atoms with Crippen molar-refractivity contribution in [2.45, 2.75) is 13.3 Å². The monoisotopic (exact) mass is 371 g/mol. The number of nitrogens with zero attached hydrogens (tertiary/aromatic N) is 2. The maximum atomic E-state index is 12.2. The van der Waals surface area contributed by atoms with Crippen LogP contribution >= 0.6 is 11.6 Å². The molecule has 1 amide bonds.